The standard InChI is InChI=1S/C34H33F2NO2/c1-23(2)25-8-10-27(11-9-25)33-31(34(38)37(33)30-18-16-29(36)17-19-30)20-21-32(26-12-14-28(35)15-13-26)39-22-24-6-4-3-5-7-24/h3-19,23,31-33H,20-22H2,1-2H3/t31-,32+,33-/m1/s1. The molecule has 0 saturated carbocycles. The zero-order valence-corrected chi connectivity index (χ0v) is 22.3. The highest BCUT2D eigenvalue weighted by atomic mass is 19.1. The maximum Gasteiger partial charge on any atom is 0.233 e. The third-order valence-corrected chi connectivity index (χ3v) is 7.54. The van der Waals surface area contributed by atoms with Crippen LogP contribution in [0.1, 0.15) is 67.0 Å². The summed E-state index contributed by atoms with van der Waals surface area (Å²) in [5.41, 5.74) is 4.91. The Bertz CT molecular complexity index is 1370. The van der Waals surface area contributed by atoms with Gasteiger partial charge in [-0.1, -0.05) is 80.6 Å². The molecule has 1 heterocycles. The largest absolute Gasteiger partial charge is 0.369 e. The van der Waals surface area contributed by atoms with Gasteiger partial charge in [0, 0.05) is 5.69 Å². The van der Waals surface area contributed by atoms with E-state index in [1.165, 1.54) is 29.8 Å². The summed E-state index contributed by atoms with van der Waals surface area (Å²) in [5.74, 6) is -0.457. The molecular formula is C34H33F2NO2. The fraction of sp³-hybridized carbons (Fsp3) is 0.265. The predicted molar refractivity (Wildman–Crippen MR) is 150 cm³/mol. The first-order valence-corrected chi connectivity index (χ1v) is 13.5. The molecule has 200 valence electrons. The molecule has 0 aromatic heterocycles. The smallest absolute Gasteiger partial charge is 0.233 e. The molecule has 0 spiro atoms. The Balaban J connectivity index is 1.38. The molecule has 4 aromatic rings. The van der Waals surface area contributed by atoms with Crippen LogP contribution in [-0.2, 0) is 16.1 Å². The summed E-state index contributed by atoms with van der Waals surface area (Å²) in [6, 6.07) is 30.7. The number of β-lactam (4-membered cyclic amide) rings is 1. The fourth-order valence-corrected chi connectivity index (χ4v) is 5.30. The van der Waals surface area contributed by atoms with Crippen LogP contribution in [0, 0.1) is 17.6 Å². The van der Waals surface area contributed by atoms with E-state index in [1.54, 1.807) is 29.2 Å². The molecule has 1 amide bonds. The molecule has 1 fully saturated rings. The minimum Gasteiger partial charge on any atom is -0.369 e. The van der Waals surface area contributed by atoms with E-state index in [0.29, 0.717) is 31.1 Å². The van der Waals surface area contributed by atoms with Crippen molar-refractivity contribution in [1.82, 2.24) is 0 Å². The lowest BCUT2D eigenvalue weighted by atomic mass is 9.78. The molecule has 39 heavy (non-hydrogen) atoms. The summed E-state index contributed by atoms with van der Waals surface area (Å²) in [6.45, 7) is 4.73. The molecule has 3 nitrogen and oxygen atoms in total. The van der Waals surface area contributed by atoms with Crippen molar-refractivity contribution in [2.24, 2.45) is 5.92 Å². The quantitative estimate of drug-likeness (QED) is 0.194. The summed E-state index contributed by atoms with van der Waals surface area (Å²) in [6.07, 6.45) is 0.916. The van der Waals surface area contributed by atoms with Crippen molar-refractivity contribution in [3.63, 3.8) is 0 Å². The number of rotatable bonds is 10. The number of amides is 1. The van der Waals surface area contributed by atoms with Crippen molar-refractivity contribution in [2.45, 2.75) is 51.4 Å². The van der Waals surface area contributed by atoms with Gasteiger partial charge >= 0.3 is 0 Å². The lowest BCUT2D eigenvalue weighted by Gasteiger charge is -2.48. The third kappa shape index (κ3) is 6.10. The topological polar surface area (TPSA) is 29.5 Å². The van der Waals surface area contributed by atoms with Crippen LogP contribution in [0.15, 0.2) is 103 Å². The molecular weight excluding hydrogens is 492 g/mol. The normalized spacial score (nSPS) is 17.8. The Morgan fingerprint density at radius 3 is 1.97 bits per heavy atom. The molecule has 1 aliphatic rings. The van der Waals surface area contributed by atoms with Crippen molar-refractivity contribution < 1.29 is 18.3 Å². The van der Waals surface area contributed by atoms with Crippen LogP contribution in [0.3, 0.4) is 0 Å². The van der Waals surface area contributed by atoms with Crippen LogP contribution < -0.4 is 4.90 Å². The van der Waals surface area contributed by atoms with Gasteiger partial charge in [0.05, 0.1) is 24.7 Å². The number of benzene rings is 4. The molecule has 1 saturated heterocycles. The van der Waals surface area contributed by atoms with Gasteiger partial charge in [-0.3, -0.25) is 4.79 Å². The van der Waals surface area contributed by atoms with E-state index in [-0.39, 0.29) is 35.6 Å². The molecule has 0 radical (unpaired) electrons. The first kappa shape index (κ1) is 26.8. The average molecular weight is 526 g/mol. The number of halogens is 2. The predicted octanol–water partition coefficient (Wildman–Crippen LogP) is 8.53. The van der Waals surface area contributed by atoms with Gasteiger partial charge in [-0.15, -0.1) is 0 Å². The summed E-state index contributed by atoms with van der Waals surface area (Å²) in [7, 11) is 0. The second-order valence-electron chi connectivity index (χ2n) is 10.5. The minimum atomic E-state index is -0.334. The zero-order chi connectivity index (χ0) is 27.4. The second kappa shape index (κ2) is 11.9. The van der Waals surface area contributed by atoms with Gasteiger partial charge in [-0.2, -0.15) is 0 Å². The van der Waals surface area contributed by atoms with E-state index in [0.717, 1.165) is 16.7 Å². The van der Waals surface area contributed by atoms with Crippen LogP contribution in [0.2, 0.25) is 0 Å². The Kier molecular flexibility index (Phi) is 8.18. The van der Waals surface area contributed by atoms with Gasteiger partial charge in [0.25, 0.3) is 0 Å². The summed E-state index contributed by atoms with van der Waals surface area (Å²) < 4.78 is 33.6. The van der Waals surface area contributed by atoms with Gasteiger partial charge in [-0.25, -0.2) is 8.78 Å². The highest BCUT2D eigenvalue weighted by molar-refractivity contribution is 6.03. The Morgan fingerprint density at radius 1 is 0.769 bits per heavy atom. The van der Waals surface area contributed by atoms with Crippen LogP contribution in [0.5, 0.6) is 0 Å². The monoisotopic (exact) mass is 525 g/mol. The van der Waals surface area contributed by atoms with Gasteiger partial charge in [0.2, 0.25) is 5.91 Å². The second-order valence-corrected chi connectivity index (χ2v) is 10.5. The Morgan fingerprint density at radius 2 is 1.36 bits per heavy atom. The van der Waals surface area contributed by atoms with Gasteiger partial charge in [0.15, 0.2) is 0 Å². The Hall–Kier alpha value is -3.83. The lowest BCUT2D eigenvalue weighted by Crippen LogP contribution is -2.55. The maximum absolute atomic E-state index is 13.7. The number of nitrogens with zero attached hydrogens (tertiary/aromatic N) is 1. The molecule has 0 bridgehead atoms. The van der Waals surface area contributed by atoms with E-state index in [9.17, 15) is 13.6 Å². The molecule has 1 aliphatic heterocycles. The third-order valence-electron chi connectivity index (χ3n) is 7.54. The van der Waals surface area contributed by atoms with Crippen LogP contribution in [0.4, 0.5) is 14.5 Å². The average Bonchev–Trinajstić information content (AvgIpc) is 2.95. The van der Waals surface area contributed by atoms with Gasteiger partial charge in [0.1, 0.15) is 11.6 Å². The summed E-state index contributed by atoms with van der Waals surface area (Å²) in [5, 5.41) is 0. The number of carbonyl (C=O) groups excluding carboxylic acids is 1. The van der Waals surface area contributed by atoms with E-state index in [2.05, 4.69) is 38.1 Å². The van der Waals surface area contributed by atoms with Crippen molar-refractivity contribution >= 4 is 11.6 Å². The summed E-state index contributed by atoms with van der Waals surface area (Å²) >= 11 is 0. The minimum absolute atomic E-state index is 0.0143. The van der Waals surface area contributed by atoms with Crippen molar-refractivity contribution in [1.29, 1.82) is 0 Å². The maximum atomic E-state index is 13.7. The van der Waals surface area contributed by atoms with E-state index >= 15 is 0 Å². The number of ether oxygens (including phenoxy) is 1. The van der Waals surface area contributed by atoms with E-state index in [4.69, 9.17) is 4.74 Å². The molecule has 0 aliphatic carbocycles. The van der Waals surface area contributed by atoms with Crippen molar-refractivity contribution in [3.8, 4) is 0 Å². The number of carbonyl (C=O) groups is 1. The van der Waals surface area contributed by atoms with E-state index in [1.807, 2.05) is 30.3 Å². The zero-order valence-electron chi connectivity index (χ0n) is 22.3. The highest BCUT2D eigenvalue weighted by Crippen LogP contribution is 2.46. The van der Waals surface area contributed by atoms with E-state index < -0.39 is 0 Å². The molecule has 4 aromatic carbocycles. The van der Waals surface area contributed by atoms with Crippen molar-refractivity contribution in [2.75, 3.05) is 4.90 Å². The first-order chi connectivity index (χ1) is 18.9. The number of anilines is 1. The number of hydrogen-bond donors (Lipinski definition) is 0. The van der Waals surface area contributed by atoms with Crippen LogP contribution >= 0.6 is 0 Å². The lowest BCUT2D eigenvalue weighted by molar-refractivity contribution is -0.131. The highest BCUT2D eigenvalue weighted by Gasteiger charge is 2.48. The summed E-state index contributed by atoms with van der Waals surface area (Å²) in [4.78, 5) is 15.3. The Labute approximate surface area is 229 Å². The van der Waals surface area contributed by atoms with Gasteiger partial charge < -0.3 is 9.64 Å². The molecule has 0 N–H and O–H groups in total. The number of hydrogen-bond acceptors (Lipinski definition) is 2. The van der Waals surface area contributed by atoms with Crippen molar-refractivity contribution in [3.05, 3.63) is 137 Å². The SMILES string of the molecule is CC(C)c1ccc([C@@H]2[C@@H](CC[C@H](OCc3ccccc3)c3ccc(F)cc3)C(=O)N2c2ccc(F)cc2)cc1. The van der Waals surface area contributed by atoms with Crippen LogP contribution in [0.25, 0.3) is 0 Å². The molecule has 0 unspecified atom stereocenters. The first-order valence-electron chi connectivity index (χ1n) is 13.5. The van der Waals surface area contributed by atoms with Gasteiger partial charge in [-0.05, 0) is 77.4 Å². The molecule has 3 atom stereocenters. The molecule has 5 rings (SSSR count). The fourth-order valence-electron chi connectivity index (χ4n) is 5.30. The van der Waals surface area contributed by atoms with Crippen LogP contribution in [-0.4, -0.2) is 5.91 Å². The molecule has 5 heteroatoms.